The zero-order valence-corrected chi connectivity index (χ0v) is 11.0. The Morgan fingerprint density at radius 3 is 2.78 bits per heavy atom. The van der Waals surface area contributed by atoms with Crippen LogP contribution in [0.1, 0.15) is 32.1 Å². The van der Waals surface area contributed by atoms with E-state index in [1.807, 2.05) is 0 Å². The second-order valence-corrected chi connectivity index (χ2v) is 5.07. The molecule has 1 aliphatic carbocycles. The maximum absolute atomic E-state index is 5.96. The van der Waals surface area contributed by atoms with Crippen LogP contribution in [0, 0.1) is 5.41 Å². The molecule has 100 valence electrons. The predicted molar refractivity (Wildman–Crippen MR) is 71.6 cm³/mol. The van der Waals surface area contributed by atoms with Gasteiger partial charge in [-0.3, -0.25) is 4.98 Å². The summed E-state index contributed by atoms with van der Waals surface area (Å²) in [6, 6.07) is 0. The Hall–Kier alpha value is -1.36. The summed E-state index contributed by atoms with van der Waals surface area (Å²) >= 11 is 0. The third kappa shape index (κ3) is 3.10. The number of nitrogens with two attached hydrogens (primary N) is 1. The van der Waals surface area contributed by atoms with Gasteiger partial charge in [0, 0.05) is 6.54 Å². The highest BCUT2D eigenvalue weighted by molar-refractivity contribution is 5.33. The molecule has 18 heavy (non-hydrogen) atoms. The van der Waals surface area contributed by atoms with Crippen LogP contribution in [0.5, 0.6) is 5.88 Å². The summed E-state index contributed by atoms with van der Waals surface area (Å²) in [4.78, 5) is 8.39. The lowest BCUT2D eigenvalue weighted by atomic mass is 9.74. The van der Waals surface area contributed by atoms with Crippen LogP contribution in [0.25, 0.3) is 0 Å². The molecule has 0 radical (unpaired) electrons. The average Bonchev–Trinajstić information content (AvgIpc) is 2.46. The van der Waals surface area contributed by atoms with E-state index in [-0.39, 0.29) is 5.41 Å². The molecule has 1 aromatic rings. The van der Waals surface area contributed by atoms with Crippen molar-refractivity contribution < 1.29 is 4.74 Å². The molecule has 2 rings (SSSR count). The quantitative estimate of drug-likeness (QED) is 0.833. The number of anilines is 1. The molecule has 5 nitrogen and oxygen atoms in total. The molecule has 3 N–H and O–H groups in total. The standard InChI is InChI=1S/C13H22N4O/c1-18-12-8-15-7-11(17-12)16-10-13(9-14)5-3-2-4-6-13/h7-8H,2-6,9-10,14H2,1H3,(H,16,17). The van der Waals surface area contributed by atoms with Crippen molar-refractivity contribution in [1.82, 2.24) is 9.97 Å². The number of rotatable bonds is 5. The summed E-state index contributed by atoms with van der Waals surface area (Å²) in [5, 5.41) is 3.35. The van der Waals surface area contributed by atoms with E-state index in [0.717, 1.165) is 18.9 Å². The molecule has 0 bridgehead atoms. The molecule has 5 heteroatoms. The van der Waals surface area contributed by atoms with E-state index >= 15 is 0 Å². The van der Waals surface area contributed by atoms with Crippen LogP contribution in [-0.2, 0) is 0 Å². The van der Waals surface area contributed by atoms with Crippen molar-refractivity contribution in [3.05, 3.63) is 12.4 Å². The zero-order chi connectivity index (χ0) is 12.8. The van der Waals surface area contributed by atoms with Crippen molar-refractivity contribution >= 4 is 5.82 Å². The van der Waals surface area contributed by atoms with E-state index in [9.17, 15) is 0 Å². The van der Waals surface area contributed by atoms with Gasteiger partial charge in [0.15, 0.2) is 0 Å². The first kappa shape index (κ1) is 13.1. The van der Waals surface area contributed by atoms with E-state index < -0.39 is 0 Å². The topological polar surface area (TPSA) is 73.1 Å². The molecule has 0 spiro atoms. The van der Waals surface area contributed by atoms with Crippen molar-refractivity contribution in [2.75, 3.05) is 25.5 Å². The van der Waals surface area contributed by atoms with Gasteiger partial charge in [0.1, 0.15) is 5.82 Å². The molecule has 0 aliphatic heterocycles. The first-order chi connectivity index (χ1) is 8.78. The van der Waals surface area contributed by atoms with Gasteiger partial charge >= 0.3 is 0 Å². The van der Waals surface area contributed by atoms with Crippen LogP contribution in [0.4, 0.5) is 5.82 Å². The first-order valence-corrected chi connectivity index (χ1v) is 6.58. The maximum Gasteiger partial charge on any atom is 0.233 e. The van der Waals surface area contributed by atoms with Crippen molar-refractivity contribution in [2.45, 2.75) is 32.1 Å². The third-order valence-corrected chi connectivity index (χ3v) is 3.81. The minimum atomic E-state index is 0.225. The fourth-order valence-corrected chi connectivity index (χ4v) is 2.56. The van der Waals surface area contributed by atoms with Gasteiger partial charge in [-0.05, 0) is 24.8 Å². The van der Waals surface area contributed by atoms with Crippen LogP contribution in [0.15, 0.2) is 12.4 Å². The zero-order valence-electron chi connectivity index (χ0n) is 11.0. The fourth-order valence-electron chi connectivity index (χ4n) is 2.56. The third-order valence-electron chi connectivity index (χ3n) is 3.81. The van der Waals surface area contributed by atoms with Gasteiger partial charge in [0.05, 0.1) is 19.5 Å². The van der Waals surface area contributed by atoms with Crippen molar-refractivity contribution in [3.8, 4) is 5.88 Å². The van der Waals surface area contributed by atoms with Crippen LogP contribution in [0.3, 0.4) is 0 Å². The van der Waals surface area contributed by atoms with Crippen LogP contribution < -0.4 is 15.8 Å². The van der Waals surface area contributed by atoms with Gasteiger partial charge in [0.2, 0.25) is 5.88 Å². The number of nitrogens with one attached hydrogen (secondary N) is 1. The summed E-state index contributed by atoms with van der Waals surface area (Å²) in [6.07, 6.45) is 9.62. The molecular formula is C13H22N4O. The lowest BCUT2D eigenvalue weighted by molar-refractivity contribution is 0.215. The smallest absolute Gasteiger partial charge is 0.233 e. The number of ether oxygens (including phenoxy) is 1. The Morgan fingerprint density at radius 2 is 2.11 bits per heavy atom. The average molecular weight is 250 g/mol. The molecule has 1 fully saturated rings. The normalized spacial score (nSPS) is 18.3. The van der Waals surface area contributed by atoms with E-state index in [4.69, 9.17) is 10.5 Å². The van der Waals surface area contributed by atoms with Crippen molar-refractivity contribution in [1.29, 1.82) is 0 Å². The number of hydrogen-bond acceptors (Lipinski definition) is 5. The number of aromatic nitrogens is 2. The Bertz CT molecular complexity index is 377. The Morgan fingerprint density at radius 1 is 1.33 bits per heavy atom. The monoisotopic (exact) mass is 250 g/mol. The molecule has 0 amide bonds. The van der Waals surface area contributed by atoms with Gasteiger partial charge in [0.25, 0.3) is 0 Å². The molecule has 0 aromatic carbocycles. The van der Waals surface area contributed by atoms with Crippen molar-refractivity contribution in [3.63, 3.8) is 0 Å². The number of nitrogens with zero attached hydrogens (tertiary/aromatic N) is 2. The van der Waals surface area contributed by atoms with Gasteiger partial charge in [-0.25, -0.2) is 0 Å². The molecular weight excluding hydrogens is 228 g/mol. The van der Waals surface area contributed by atoms with Gasteiger partial charge < -0.3 is 15.8 Å². The highest BCUT2D eigenvalue weighted by atomic mass is 16.5. The highest BCUT2D eigenvalue weighted by Crippen LogP contribution is 2.35. The second-order valence-electron chi connectivity index (χ2n) is 5.07. The van der Waals surface area contributed by atoms with E-state index in [2.05, 4.69) is 15.3 Å². The SMILES string of the molecule is COc1cncc(NCC2(CN)CCCCC2)n1. The lowest BCUT2D eigenvalue weighted by Crippen LogP contribution is -2.39. The maximum atomic E-state index is 5.96. The van der Waals surface area contributed by atoms with E-state index in [0.29, 0.717) is 5.88 Å². The Kier molecular flexibility index (Phi) is 4.36. The van der Waals surface area contributed by atoms with E-state index in [1.54, 1.807) is 19.5 Å². The van der Waals surface area contributed by atoms with Gasteiger partial charge in [-0.2, -0.15) is 4.98 Å². The molecule has 0 saturated heterocycles. The second kappa shape index (κ2) is 6.00. The van der Waals surface area contributed by atoms with Gasteiger partial charge in [-0.15, -0.1) is 0 Å². The minimum absolute atomic E-state index is 0.225. The lowest BCUT2D eigenvalue weighted by Gasteiger charge is -2.36. The van der Waals surface area contributed by atoms with E-state index in [1.165, 1.54) is 32.1 Å². The minimum Gasteiger partial charge on any atom is -0.480 e. The van der Waals surface area contributed by atoms with Crippen LogP contribution >= 0.6 is 0 Å². The number of hydrogen-bond donors (Lipinski definition) is 2. The largest absolute Gasteiger partial charge is 0.480 e. The molecule has 1 aromatic heterocycles. The Labute approximate surface area is 108 Å². The summed E-state index contributed by atoms with van der Waals surface area (Å²) in [5.41, 5.74) is 6.18. The highest BCUT2D eigenvalue weighted by Gasteiger charge is 2.30. The van der Waals surface area contributed by atoms with Gasteiger partial charge in [-0.1, -0.05) is 19.3 Å². The molecule has 0 unspecified atom stereocenters. The fraction of sp³-hybridized carbons (Fsp3) is 0.692. The Balaban J connectivity index is 1.96. The number of methoxy groups -OCH3 is 1. The summed E-state index contributed by atoms with van der Waals surface area (Å²) < 4.78 is 5.06. The summed E-state index contributed by atoms with van der Waals surface area (Å²) in [5.74, 6) is 1.29. The van der Waals surface area contributed by atoms with Crippen molar-refractivity contribution in [2.24, 2.45) is 11.1 Å². The van der Waals surface area contributed by atoms with Crippen LogP contribution in [0.2, 0.25) is 0 Å². The molecule has 1 saturated carbocycles. The molecule has 1 heterocycles. The summed E-state index contributed by atoms with van der Waals surface area (Å²) in [6.45, 7) is 1.60. The molecule has 1 aliphatic rings. The first-order valence-electron chi connectivity index (χ1n) is 6.58. The predicted octanol–water partition coefficient (Wildman–Crippen LogP) is 1.81. The van der Waals surface area contributed by atoms with Crippen LogP contribution in [-0.4, -0.2) is 30.2 Å². The summed E-state index contributed by atoms with van der Waals surface area (Å²) in [7, 11) is 1.59. The molecule has 0 atom stereocenters.